The van der Waals surface area contributed by atoms with E-state index >= 15 is 0 Å². The van der Waals surface area contributed by atoms with E-state index < -0.39 is 0 Å². The number of rotatable bonds is 28. The molecule has 0 heterocycles. The summed E-state index contributed by atoms with van der Waals surface area (Å²) in [6.45, 7) is 15.2. The first kappa shape index (κ1) is 36.1. The van der Waals surface area contributed by atoms with Crippen LogP contribution in [0.4, 0.5) is 0 Å². The zero-order valence-corrected chi connectivity index (χ0v) is 24.7. The van der Waals surface area contributed by atoms with Gasteiger partial charge in [-0.3, -0.25) is 0 Å². The lowest BCUT2D eigenvalue weighted by Crippen LogP contribution is -2.50. The molecular formula is C32H69NO. The van der Waals surface area contributed by atoms with E-state index in [0.29, 0.717) is 0 Å². The average Bonchev–Trinajstić information content (AvgIpc) is 2.83. The topological polar surface area (TPSA) is 30.0 Å². The van der Waals surface area contributed by atoms with Crippen molar-refractivity contribution in [2.45, 2.75) is 182 Å². The lowest BCUT2D eigenvalue weighted by atomic mass is 10.0. The van der Waals surface area contributed by atoms with Gasteiger partial charge in [-0.2, -0.15) is 0 Å². The van der Waals surface area contributed by atoms with E-state index in [-0.39, 0.29) is 5.48 Å². The summed E-state index contributed by atoms with van der Waals surface area (Å²) in [6.07, 6.45) is 34.8. The van der Waals surface area contributed by atoms with Gasteiger partial charge in [0.25, 0.3) is 0 Å². The second-order valence-corrected chi connectivity index (χ2v) is 11.3. The molecule has 0 fully saturated rings. The molecule has 0 aromatic rings. The molecule has 208 valence electrons. The van der Waals surface area contributed by atoms with Crippen molar-refractivity contribution in [1.29, 1.82) is 0 Å². The van der Waals surface area contributed by atoms with Gasteiger partial charge in [0.15, 0.2) is 0 Å². The molecule has 0 saturated carbocycles. The highest BCUT2D eigenvalue weighted by Crippen LogP contribution is 2.19. The molecule has 34 heavy (non-hydrogen) atoms. The average molecular weight is 484 g/mol. The second kappa shape index (κ2) is 29.2. The fraction of sp³-hybridized carbons (Fsp3) is 1.00. The highest BCUT2D eigenvalue weighted by molar-refractivity contribution is 4.54. The Morgan fingerprint density at radius 2 is 0.471 bits per heavy atom. The van der Waals surface area contributed by atoms with Crippen LogP contribution in [0, 0.1) is 0 Å². The fourth-order valence-corrected chi connectivity index (χ4v) is 5.53. The van der Waals surface area contributed by atoms with E-state index in [1.807, 2.05) is 0 Å². The Kier molecular flexibility index (Phi) is 30.9. The van der Waals surface area contributed by atoms with Gasteiger partial charge in [-0.05, 0) is 38.5 Å². The minimum absolute atomic E-state index is 0. The molecule has 0 radical (unpaired) electrons. The van der Waals surface area contributed by atoms with Gasteiger partial charge in [-0.25, -0.2) is 0 Å². The maximum absolute atomic E-state index is 2.38. The van der Waals surface area contributed by atoms with Gasteiger partial charge in [-0.1, -0.05) is 143 Å². The predicted molar refractivity (Wildman–Crippen MR) is 155 cm³/mol. The summed E-state index contributed by atoms with van der Waals surface area (Å²) in [5.41, 5.74) is 0. The van der Waals surface area contributed by atoms with Gasteiger partial charge < -0.3 is 9.96 Å². The van der Waals surface area contributed by atoms with E-state index in [9.17, 15) is 0 Å². The molecule has 0 atom stereocenters. The lowest BCUT2D eigenvalue weighted by Gasteiger charge is -2.39. The van der Waals surface area contributed by atoms with Crippen molar-refractivity contribution in [3.05, 3.63) is 0 Å². The van der Waals surface area contributed by atoms with Crippen molar-refractivity contribution in [2.24, 2.45) is 0 Å². The lowest BCUT2D eigenvalue weighted by molar-refractivity contribution is -0.929. The van der Waals surface area contributed by atoms with Crippen LogP contribution in [0.3, 0.4) is 0 Å². The minimum Gasteiger partial charge on any atom is -0.870 e. The SMILES string of the molecule is CCCCCCCCCCCC[N+](CCCC)(CCCC)CCCCCCCCCCCC.[OH-]. The Morgan fingerprint density at radius 1 is 0.265 bits per heavy atom. The highest BCUT2D eigenvalue weighted by atomic mass is 16.0. The van der Waals surface area contributed by atoms with Crippen LogP contribution in [0.1, 0.15) is 182 Å². The highest BCUT2D eigenvalue weighted by Gasteiger charge is 2.25. The van der Waals surface area contributed by atoms with E-state index in [4.69, 9.17) is 0 Å². The van der Waals surface area contributed by atoms with Crippen LogP contribution in [0.5, 0.6) is 0 Å². The van der Waals surface area contributed by atoms with Crippen LogP contribution < -0.4 is 0 Å². The van der Waals surface area contributed by atoms with E-state index in [1.165, 1.54) is 185 Å². The minimum atomic E-state index is 0. The molecule has 1 N–H and O–H groups in total. The normalized spacial score (nSPS) is 11.6. The Balaban J connectivity index is 0. The molecular weight excluding hydrogens is 414 g/mol. The third-order valence-corrected chi connectivity index (χ3v) is 7.94. The van der Waals surface area contributed by atoms with Gasteiger partial charge in [-0.15, -0.1) is 0 Å². The maximum Gasteiger partial charge on any atom is 0.0786 e. The summed E-state index contributed by atoms with van der Waals surface area (Å²) in [6, 6.07) is 0. The number of quaternary nitrogens is 1. The predicted octanol–water partition coefficient (Wildman–Crippen LogP) is 11.1. The first-order valence-electron chi connectivity index (χ1n) is 16.1. The summed E-state index contributed by atoms with van der Waals surface area (Å²) < 4.78 is 1.45. The molecule has 0 unspecified atom stereocenters. The molecule has 0 amide bonds. The summed E-state index contributed by atoms with van der Waals surface area (Å²) in [5, 5.41) is 0. The van der Waals surface area contributed by atoms with Gasteiger partial charge >= 0.3 is 0 Å². The third kappa shape index (κ3) is 23.7. The summed E-state index contributed by atoms with van der Waals surface area (Å²) in [4.78, 5) is 0. The van der Waals surface area contributed by atoms with E-state index in [0.717, 1.165) is 0 Å². The molecule has 0 aromatic carbocycles. The van der Waals surface area contributed by atoms with Crippen LogP contribution in [0.15, 0.2) is 0 Å². The number of hydrogen-bond donors (Lipinski definition) is 0. The summed E-state index contributed by atoms with van der Waals surface area (Å²) in [5.74, 6) is 0. The molecule has 2 nitrogen and oxygen atoms in total. The first-order chi connectivity index (χ1) is 16.2. The smallest absolute Gasteiger partial charge is 0.0786 e. The van der Waals surface area contributed by atoms with E-state index in [2.05, 4.69) is 27.7 Å². The molecule has 0 aliphatic heterocycles. The molecule has 0 aromatic heterocycles. The van der Waals surface area contributed by atoms with Gasteiger partial charge in [0.1, 0.15) is 0 Å². The van der Waals surface area contributed by atoms with Gasteiger partial charge in [0, 0.05) is 0 Å². The van der Waals surface area contributed by atoms with Crippen LogP contribution >= 0.6 is 0 Å². The van der Waals surface area contributed by atoms with Crippen molar-refractivity contribution in [2.75, 3.05) is 26.2 Å². The van der Waals surface area contributed by atoms with Crippen LogP contribution in [0.2, 0.25) is 0 Å². The van der Waals surface area contributed by atoms with Crippen molar-refractivity contribution in [3.63, 3.8) is 0 Å². The standard InChI is InChI=1S/C32H68N.H2O/c1-5-9-13-15-17-19-21-23-25-27-31-33(29-11-7-3,30-12-8-4)32-28-26-24-22-20-18-16-14-10-6-2;/h5-32H2,1-4H3;1H2/q+1;/p-1. The zero-order valence-electron chi connectivity index (χ0n) is 24.7. The van der Waals surface area contributed by atoms with Crippen LogP contribution in [-0.2, 0) is 0 Å². The second-order valence-electron chi connectivity index (χ2n) is 11.3. The molecule has 0 aliphatic carbocycles. The van der Waals surface area contributed by atoms with Crippen molar-refractivity contribution >= 4 is 0 Å². The third-order valence-electron chi connectivity index (χ3n) is 7.94. The van der Waals surface area contributed by atoms with Crippen LogP contribution in [0.25, 0.3) is 0 Å². The Hall–Kier alpha value is -0.0800. The number of nitrogens with zero attached hydrogens (tertiary/aromatic N) is 1. The van der Waals surface area contributed by atoms with Gasteiger partial charge in [0.2, 0.25) is 0 Å². The molecule has 0 spiro atoms. The van der Waals surface area contributed by atoms with E-state index in [1.54, 1.807) is 0 Å². The zero-order chi connectivity index (χ0) is 24.3. The molecule has 0 rings (SSSR count). The number of unbranched alkanes of at least 4 members (excludes halogenated alkanes) is 20. The maximum atomic E-state index is 2.38. The first-order valence-corrected chi connectivity index (χ1v) is 16.1. The molecule has 2 heteroatoms. The summed E-state index contributed by atoms with van der Waals surface area (Å²) >= 11 is 0. The monoisotopic (exact) mass is 484 g/mol. The molecule has 0 saturated heterocycles. The Labute approximate surface area is 218 Å². The van der Waals surface area contributed by atoms with Crippen LogP contribution in [-0.4, -0.2) is 36.1 Å². The molecule has 0 aliphatic rings. The van der Waals surface area contributed by atoms with Gasteiger partial charge in [0.05, 0.1) is 26.2 Å². The van der Waals surface area contributed by atoms with Crippen molar-refractivity contribution in [3.8, 4) is 0 Å². The Bertz CT molecular complexity index is 323. The quantitative estimate of drug-likeness (QED) is 0.0803. The Morgan fingerprint density at radius 3 is 0.735 bits per heavy atom. The largest absolute Gasteiger partial charge is 0.870 e. The van der Waals surface area contributed by atoms with Crippen molar-refractivity contribution < 1.29 is 9.96 Å². The fourth-order valence-electron chi connectivity index (χ4n) is 5.53. The number of hydrogen-bond acceptors (Lipinski definition) is 1. The molecule has 0 bridgehead atoms. The summed E-state index contributed by atoms with van der Waals surface area (Å²) in [7, 11) is 0. The van der Waals surface area contributed by atoms with Crippen molar-refractivity contribution in [1.82, 2.24) is 0 Å².